The van der Waals surface area contributed by atoms with Crippen molar-refractivity contribution >= 4 is 16.9 Å². The molecular weight excluding hydrogens is 330 g/mol. The minimum absolute atomic E-state index is 0.0492. The van der Waals surface area contributed by atoms with Gasteiger partial charge in [0.1, 0.15) is 0 Å². The number of aromatic nitrogens is 4. The van der Waals surface area contributed by atoms with Gasteiger partial charge in [0.25, 0.3) is 5.91 Å². The Morgan fingerprint density at radius 3 is 2.77 bits per heavy atom. The first-order valence-corrected chi connectivity index (χ1v) is 8.71. The lowest BCUT2D eigenvalue weighted by Gasteiger charge is -2.31. The Hall–Kier alpha value is -2.67. The minimum atomic E-state index is -0.122. The summed E-state index contributed by atoms with van der Waals surface area (Å²) in [7, 11) is 0. The van der Waals surface area contributed by atoms with Gasteiger partial charge in [0.2, 0.25) is 0 Å². The number of nitrogens with one attached hydrogen (secondary N) is 1. The SMILES string of the molecule is CC(C)(C)[C@@H](Cn1ccnc1)NC(=O)c1ccc2c(c1)ncn2CCO. The van der Waals surface area contributed by atoms with Gasteiger partial charge in [0, 0.05) is 31.0 Å². The van der Waals surface area contributed by atoms with Crippen LogP contribution in [0.3, 0.4) is 0 Å². The second kappa shape index (κ2) is 7.29. The van der Waals surface area contributed by atoms with Crippen molar-refractivity contribution in [2.75, 3.05) is 6.61 Å². The molecule has 2 aromatic heterocycles. The van der Waals surface area contributed by atoms with E-state index in [4.69, 9.17) is 5.11 Å². The minimum Gasteiger partial charge on any atom is -0.395 e. The zero-order chi connectivity index (χ0) is 18.7. The van der Waals surface area contributed by atoms with E-state index in [1.807, 2.05) is 21.4 Å². The Morgan fingerprint density at radius 1 is 1.31 bits per heavy atom. The number of rotatable bonds is 6. The summed E-state index contributed by atoms with van der Waals surface area (Å²) in [5, 5.41) is 12.2. The van der Waals surface area contributed by atoms with E-state index in [-0.39, 0.29) is 24.0 Å². The summed E-state index contributed by atoms with van der Waals surface area (Å²) in [4.78, 5) is 21.2. The third-order valence-corrected chi connectivity index (χ3v) is 4.53. The Balaban J connectivity index is 1.79. The molecule has 2 heterocycles. The molecule has 0 aliphatic carbocycles. The fourth-order valence-corrected chi connectivity index (χ4v) is 2.87. The second-order valence-corrected chi connectivity index (χ2v) is 7.52. The fraction of sp³-hybridized carbons (Fsp3) is 0.421. The predicted octanol–water partition coefficient (Wildman–Crippen LogP) is 2.07. The van der Waals surface area contributed by atoms with Gasteiger partial charge in [-0.15, -0.1) is 0 Å². The maximum Gasteiger partial charge on any atom is 0.251 e. The van der Waals surface area contributed by atoms with Gasteiger partial charge in [-0.05, 0) is 23.6 Å². The molecule has 3 aromatic rings. The van der Waals surface area contributed by atoms with Crippen LogP contribution in [0.5, 0.6) is 0 Å². The largest absolute Gasteiger partial charge is 0.395 e. The molecule has 0 aliphatic heterocycles. The van der Waals surface area contributed by atoms with E-state index in [9.17, 15) is 4.79 Å². The fourth-order valence-electron chi connectivity index (χ4n) is 2.87. The van der Waals surface area contributed by atoms with Crippen molar-refractivity contribution in [3.05, 3.63) is 48.8 Å². The first-order chi connectivity index (χ1) is 12.4. The summed E-state index contributed by atoms with van der Waals surface area (Å²) in [6.07, 6.45) is 7.06. The number of carbonyl (C=O) groups excluding carboxylic acids is 1. The zero-order valence-electron chi connectivity index (χ0n) is 15.4. The lowest BCUT2D eigenvalue weighted by atomic mass is 9.86. The quantitative estimate of drug-likeness (QED) is 0.709. The summed E-state index contributed by atoms with van der Waals surface area (Å²) in [5.41, 5.74) is 2.12. The van der Waals surface area contributed by atoms with Crippen molar-refractivity contribution in [2.45, 2.75) is 39.9 Å². The predicted molar refractivity (Wildman–Crippen MR) is 99.8 cm³/mol. The number of aliphatic hydroxyl groups excluding tert-OH is 1. The summed E-state index contributed by atoms with van der Waals surface area (Å²) >= 11 is 0. The molecule has 1 atom stereocenters. The van der Waals surface area contributed by atoms with Crippen LogP contribution in [-0.2, 0) is 13.1 Å². The van der Waals surface area contributed by atoms with Gasteiger partial charge in [-0.2, -0.15) is 0 Å². The van der Waals surface area contributed by atoms with Crippen molar-refractivity contribution in [1.82, 2.24) is 24.4 Å². The van der Waals surface area contributed by atoms with Crippen molar-refractivity contribution in [3.63, 3.8) is 0 Å². The molecule has 26 heavy (non-hydrogen) atoms. The molecule has 7 heteroatoms. The van der Waals surface area contributed by atoms with E-state index < -0.39 is 0 Å². The monoisotopic (exact) mass is 355 g/mol. The number of benzene rings is 1. The van der Waals surface area contributed by atoms with Crippen molar-refractivity contribution in [3.8, 4) is 0 Å². The van der Waals surface area contributed by atoms with E-state index in [1.54, 1.807) is 31.0 Å². The maximum absolute atomic E-state index is 12.8. The normalized spacial score (nSPS) is 13.1. The molecule has 0 unspecified atom stereocenters. The molecule has 7 nitrogen and oxygen atoms in total. The van der Waals surface area contributed by atoms with Crippen LogP contribution in [0.25, 0.3) is 11.0 Å². The lowest BCUT2D eigenvalue weighted by Crippen LogP contribution is -2.46. The van der Waals surface area contributed by atoms with E-state index in [1.165, 1.54) is 0 Å². The van der Waals surface area contributed by atoms with E-state index >= 15 is 0 Å². The van der Waals surface area contributed by atoms with Crippen LogP contribution in [0.4, 0.5) is 0 Å². The van der Waals surface area contributed by atoms with E-state index in [0.29, 0.717) is 18.7 Å². The molecule has 0 aliphatic rings. The smallest absolute Gasteiger partial charge is 0.251 e. The molecule has 3 rings (SSSR count). The molecule has 0 fully saturated rings. The van der Waals surface area contributed by atoms with Gasteiger partial charge < -0.3 is 19.6 Å². The van der Waals surface area contributed by atoms with Gasteiger partial charge in [-0.25, -0.2) is 9.97 Å². The molecule has 0 saturated carbocycles. The topological polar surface area (TPSA) is 85.0 Å². The maximum atomic E-state index is 12.8. The first kappa shape index (κ1) is 18.1. The number of amides is 1. The molecule has 0 radical (unpaired) electrons. The Labute approximate surface area is 152 Å². The third-order valence-electron chi connectivity index (χ3n) is 4.53. The Morgan fingerprint density at radius 2 is 2.12 bits per heavy atom. The summed E-state index contributed by atoms with van der Waals surface area (Å²) < 4.78 is 3.84. The van der Waals surface area contributed by atoms with Gasteiger partial charge in [0.05, 0.1) is 36.3 Å². The molecule has 1 amide bonds. The average Bonchev–Trinajstić information content (AvgIpc) is 3.23. The van der Waals surface area contributed by atoms with Crippen LogP contribution in [0.1, 0.15) is 31.1 Å². The number of hydrogen-bond donors (Lipinski definition) is 2. The second-order valence-electron chi connectivity index (χ2n) is 7.52. The van der Waals surface area contributed by atoms with Crippen molar-refractivity contribution in [1.29, 1.82) is 0 Å². The number of imidazole rings is 2. The van der Waals surface area contributed by atoms with E-state index in [0.717, 1.165) is 11.0 Å². The van der Waals surface area contributed by atoms with Crippen LogP contribution in [0, 0.1) is 5.41 Å². The summed E-state index contributed by atoms with van der Waals surface area (Å²) in [6, 6.07) is 5.40. The van der Waals surface area contributed by atoms with Gasteiger partial charge in [-0.1, -0.05) is 20.8 Å². The molecule has 2 N–H and O–H groups in total. The number of aliphatic hydroxyl groups is 1. The number of fused-ring (bicyclic) bond motifs is 1. The van der Waals surface area contributed by atoms with Crippen molar-refractivity contribution in [2.24, 2.45) is 5.41 Å². The number of carbonyl (C=O) groups is 1. The van der Waals surface area contributed by atoms with Crippen LogP contribution in [0.2, 0.25) is 0 Å². The highest BCUT2D eigenvalue weighted by Crippen LogP contribution is 2.22. The van der Waals surface area contributed by atoms with Crippen LogP contribution < -0.4 is 5.32 Å². The van der Waals surface area contributed by atoms with Gasteiger partial charge >= 0.3 is 0 Å². The molecule has 0 bridgehead atoms. The van der Waals surface area contributed by atoms with Gasteiger partial charge in [0.15, 0.2) is 0 Å². The van der Waals surface area contributed by atoms with Crippen molar-refractivity contribution < 1.29 is 9.90 Å². The highest BCUT2D eigenvalue weighted by molar-refractivity contribution is 5.97. The number of hydrogen-bond acceptors (Lipinski definition) is 4. The van der Waals surface area contributed by atoms with Crippen LogP contribution in [-0.4, -0.2) is 42.8 Å². The molecule has 0 spiro atoms. The highest BCUT2D eigenvalue weighted by atomic mass is 16.3. The molecular formula is C19H25N5O2. The first-order valence-electron chi connectivity index (χ1n) is 8.71. The average molecular weight is 355 g/mol. The Kier molecular flexibility index (Phi) is 5.08. The number of nitrogens with zero attached hydrogens (tertiary/aromatic N) is 4. The molecule has 138 valence electrons. The summed E-state index contributed by atoms with van der Waals surface area (Å²) in [5.74, 6) is -0.122. The molecule has 1 aromatic carbocycles. The third kappa shape index (κ3) is 3.94. The van der Waals surface area contributed by atoms with Crippen LogP contribution in [0.15, 0.2) is 43.2 Å². The lowest BCUT2D eigenvalue weighted by molar-refractivity contribution is 0.0892. The van der Waals surface area contributed by atoms with E-state index in [2.05, 4.69) is 36.1 Å². The zero-order valence-corrected chi connectivity index (χ0v) is 15.4. The highest BCUT2D eigenvalue weighted by Gasteiger charge is 2.27. The Bertz CT molecular complexity index is 877. The molecule has 0 saturated heterocycles. The summed E-state index contributed by atoms with van der Waals surface area (Å²) in [6.45, 7) is 7.51. The van der Waals surface area contributed by atoms with Gasteiger partial charge in [-0.3, -0.25) is 4.79 Å². The standard InChI is InChI=1S/C19H25N5O2/c1-19(2,3)17(11-23-7-6-20-12-23)22-18(26)14-4-5-16-15(10-14)21-13-24(16)8-9-25/h4-7,10,12-13,17,25H,8-9,11H2,1-3H3,(H,22,26)/t17-/m1/s1. The van der Waals surface area contributed by atoms with Crippen LogP contribution >= 0.6 is 0 Å².